The summed E-state index contributed by atoms with van der Waals surface area (Å²) in [7, 11) is 0. The van der Waals surface area contributed by atoms with Crippen molar-refractivity contribution in [3.05, 3.63) is 42.0 Å². The molecule has 0 aromatic heterocycles. The van der Waals surface area contributed by atoms with E-state index in [1.54, 1.807) is 0 Å². The zero-order valence-corrected chi connectivity index (χ0v) is 14.4. The fourth-order valence-electron chi connectivity index (χ4n) is 3.40. The van der Waals surface area contributed by atoms with Gasteiger partial charge in [0.05, 0.1) is 6.10 Å². The molecule has 130 valence electrons. The molecule has 2 fully saturated rings. The Morgan fingerprint density at radius 1 is 1.17 bits per heavy atom. The quantitative estimate of drug-likeness (QED) is 0.805. The Bertz CT molecular complexity index is 530. The van der Waals surface area contributed by atoms with Crippen LogP contribution in [-0.4, -0.2) is 61.1 Å². The van der Waals surface area contributed by atoms with E-state index in [1.807, 2.05) is 11.0 Å². The highest BCUT2D eigenvalue weighted by molar-refractivity contribution is 5.76. The van der Waals surface area contributed by atoms with Crippen LogP contribution >= 0.6 is 0 Å². The maximum absolute atomic E-state index is 12.3. The molecule has 2 aliphatic rings. The molecule has 0 spiro atoms. The van der Waals surface area contributed by atoms with Gasteiger partial charge in [-0.15, -0.1) is 0 Å². The van der Waals surface area contributed by atoms with Crippen LogP contribution in [0.2, 0.25) is 0 Å². The number of rotatable bonds is 6. The smallest absolute Gasteiger partial charge is 0.222 e. The van der Waals surface area contributed by atoms with E-state index >= 15 is 0 Å². The highest BCUT2D eigenvalue weighted by Crippen LogP contribution is 2.17. The zero-order chi connectivity index (χ0) is 16.6. The van der Waals surface area contributed by atoms with Crippen molar-refractivity contribution in [2.75, 3.05) is 39.3 Å². The minimum atomic E-state index is 0.296. The van der Waals surface area contributed by atoms with Gasteiger partial charge in [0, 0.05) is 45.8 Å². The molecule has 2 heterocycles. The van der Waals surface area contributed by atoms with Gasteiger partial charge in [0.15, 0.2) is 0 Å². The predicted octanol–water partition coefficient (Wildman–Crippen LogP) is 2.80. The minimum absolute atomic E-state index is 0.296. The second kappa shape index (κ2) is 9.00. The second-order valence-corrected chi connectivity index (χ2v) is 6.67. The number of benzene rings is 1. The third-order valence-electron chi connectivity index (χ3n) is 4.90. The molecule has 1 amide bonds. The van der Waals surface area contributed by atoms with E-state index in [0.29, 0.717) is 18.4 Å². The normalized spacial score (nSPS) is 22.3. The predicted molar refractivity (Wildman–Crippen MR) is 96.7 cm³/mol. The van der Waals surface area contributed by atoms with Gasteiger partial charge in [0.1, 0.15) is 0 Å². The van der Waals surface area contributed by atoms with Gasteiger partial charge in [-0.25, -0.2) is 0 Å². The van der Waals surface area contributed by atoms with Crippen LogP contribution in [0.1, 0.15) is 31.2 Å². The summed E-state index contributed by atoms with van der Waals surface area (Å²) in [5.41, 5.74) is 1.24. The molecule has 1 aromatic rings. The molecule has 1 atom stereocenters. The van der Waals surface area contributed by atoms with Crippen molar-refractivity contribution in [3.8, 4) is 0 Å². The van der Waals surface area contributed by atoms with E-state index in [9.17, 15) is 4.79 Å². The van der Waals surface area contributed by atoms with Gasteiger partial charge < -0.3 is 9.64 Å². The minimum Gasteiger partial charge on any atom is -0.378 e. The van der Waals surface area contributed by atoms with Crippen molar-refractivity contribution in [2.45, 2.75) is 31.8 Å². The Labute approximate surface area is 145 Å². The molecule has 4 nitrogen and oxygen atoms in total. The maximum atomic E-state index is 12.3. The summed E-state index contributed by atoms with van der Waals surface area (Å²) in [5.74, 6) is 0.296. The summed E-state index contributed by atoms with van der Waals surface area (Å²) < 4.78 is 5.60. The van der Waals surface area contributed by atoms with Gasteiger partial charge >= 0.3 is 0 Å². The molecule has 1 aromatic carbocycles. The van der Waals surface area contributed by atoms with Crippen LogP contribution < -0.4 is 0 Å². The van der Waals surface area contributed by atoms with E-state index in [0.717, 1.165) is 58.6 Å². The Balaban J connectivity index is 1.34. The molecule has 0 aliphatic carbocycles. The van der Waals surface area contributed by atoms with Crippen LogP contribution in [0, 0.1) is 0 Å². The molecule has 2 saturated heterocycles. The van der Waals surface area contributed by atoms with Crippen LogP contribution in [0.5, 0.6) is 0 Å². The van der Waals surface area contributed by atoms with Crippen LogP contribution in [-0.2, 0) is 9.53 Å². The first kappa shape index (κ1) is 17.2. The topological polar surface area (TPSA) is 32.8 Å². The van der Waals surface area contributed by atoms with Crippen LogP contribution in [0.25, 0.3) is 6.08 Å². The van der Waals surface area contributed by atoms with Gasteiger partial charge in [0.2, 0.25) is 5.91 Å². The number of amides is 1. The molecule has 0 N–H and O–H groups in total. The van der Waals surface area contributed by atoms with Crippen LogP contribution in [0.3, 0.4) is 0 Å². The molecule has 3 rings (SSSR count). The number of carbonyl (C=O) groups excluding carboxylic acids is 1. The van der Waals surface area contributed by atoms with Crippen molar-refractivity contribution < 1.29 is 9.53 Å². The lowest BCUT2D eigenvalue weighted by Crippen LogP contribution is -2.48. The average molecular weight is 328 g/mol. The number of hydrogen-bond acceptors (Lipinski definition) is 3. The SMILES string of the molecule is O=C(CCC1CCCO1)N1CCN(C/C=C/c2ccccc2)CC1. The second-order valence-electron chi connectivity index (χ2n) is 6.67. The Kier molecular flexibility index (Phi) is 6.44. The van der Waals surface area contributed by atoms with Gasteiger partial charge in [0.25, 0.3) is 0 Å². The molecule has 0 saturated carbocycles. The summed E-state index contributed by atoms with van der Waals surface area (Å²) in [6.45, 7) is 5.45. The summed E-state index contributed by atoms with van der Waals surface area (Å²) in [6.07, 6.45) is 8.49. The first-order chi connectivity index (χ1) is 11.8. The van der Waals surface area contributed by atoms with Gasteiger partial charge in [-0.05, 0) is 24.8 Å². The van der Waals surface area contributed by atoms with Gasteiger partial charge in [-0.1, -0.05) is 42.5 Å². The van der Waals surface area contributed by atoms with Crippen molar-refractivity contribution in [1.29, 1.82) is 0 Å². The summed E-state index contributed by atoms with van der Waals surface area (Å²) >= 11 is 0. The summed E-state index contributed by atoms with van der Waals surface area (Å²) in [4.78, 5) is 16.7. The summed E-state index contributed by atoms with van der Waals surface area (Å²) in [5, 5.41) is 0. The number of nitrogens with zero attached hydrogens (tertiary/aromatic N) is 2. The van der Waals surface area contributed by atoms with Gasteiger partial charge in [-0.3, -0.25) is 9.69 Å². The lowest BCUT2D eigenvalue weighted by Gasteiger charge is -2.34. The lowest BCUT2D eigenvalue weighted by molar-refractivity contribution is -0.133. The van der Waals surface area contributed by atoms with Crippen molar-refractivity contribution in [1.82, 2.24) is 9.80 Å². The number of carbonyl (C=O) groups is 1. The van der Waals surface area contributed by atoms with Crippen LogP contribution in [0.15, 0.2) is 36.4 Å². The number of hydrogen-bond donors (Lipinski definition) is 0. The van der Waals surface area contributed by atoms with Crippen molar-refractivity contribution in [2.24, 2.45) is 0 Å². The molecule has 2 aliphatic heterocycles. The number of ether oxygens (including phenoxy) is 1. The third-order valence-corrected chi connectivity index (χ3v) is 4.90. The molecule has 4 heteroatoms. The molecule has 0 bridgehead atoms. The monoisotopic (exact) mass is 328 g/mol. The first-order valence-corrected chi connectivity index (χ1v) is 9.14. The van der Waals surface area contributed by atoms with E-state index in [-0.39, 0.29) is 0 Å². The largest absolute Gasteiger partial charge is 0.378 e. The standard InChI is InChI=1S/C20H28N2O2/c23-20(11-10-19-9-5-17-24-19)22-15-13-21(14-16-22)12-4-8-18-6-2-1-3-7-18/h1-4,6-8,19H,5,9-17H2/b8-4+. The van der Waals surface area contributed by atoms with Crippen molar-refractivity contribution >= 4 is 12.0 Å². The molecular weight excluding hydrogens is 300 g/mol. The van der Waals surface area contributed by atoms with E-state index in [4.69, 9.17) is 4.74 Å². The van der Waals surface area contributed by atoms with E-state index in [2.05, 4.69) is 41.3 Å². The summed E-state index contributed by atoms with van der Waals surface area (Å²) in [6, 6.07) is 10.4. The number of piperazine rings is 1. The molecule has 1 unspecified atom stereocenters. The highest BCUT2D eigenvalue weighted by Gasteiger charge is 2.22. The highest BCUT2D eigenvalue weighted by atomic mass is 16.5. The molecular formula is C20H28N2O2. The van der Waals surface area contributed by atoms with Crippen molar-refractivity contribution in [3.63, 3.8) is 0 Å². The first-order valence-electron chi connectivity index (χ1n) is 9.14. The van der Waals surface area contributed by atoms with Gasteiger partial charge in [-0.2, -0.15) is 0 Å². The molecule has 24 heavy (non-hydrogen) atoms. The fourth-order valence-corrected chi connectivity index (χ4v) is 3.40. The van der Waals surface area contributed by atoms with E-state index < -0.39 is 0 Å². The van der Waals surface area contributed by atoms with Crippen LogP contribution in [0.4, 0.5) is 0 Å². The Hall–Kier alpha value is -1.65. The third kappa shape index (κ3) is 5.18. The molecule has 0 radical (unpaired) electrons. The maximum Gasteiger partial charge on any atom is 0.222 e. The average Bonchev–Trinajstić information content (AvgIpc) is 3.15. The fraction of sp³-hybridized carbons (Fsp3) is 0.550. The lowest BCUT2D eigenvalue weighted by atomic mass is 10.1. The van der Waals surface area contributed by atoms with E-state index in [1.165, 1.54) is 5.56 Å². The zero-order valence-electron chi connectivity index (χ0n) is 14.4. The Morgan fingerprint density at radius 2 is 1.96 bits per heavy atom. The Morgan fingerprint density at radius 3 is 2.67 bits per heavy atom.